The van der Waals surface area contributed by atoms with Crippen molar-refractivity contribution in [1.82, 2.24) is 20.0 Å². The van der Waals surface area contributed by atoms with Gasteiger partial charge in [0.2, 0.25) is 0 Å². The van der Waals surface area contributed by atoms with E-state index in [4.69, 9.17) is 17.4 Å². The Morgan fingerprint density at radius 1 is 1.37 bits per heavy atom. The van der Waals surface area contributed by atoms with Crippen molar-refractivity contribution in [2.24, 2.45) is 16.0 Å². The lowest BCUT2D eigenvalue weighted by Crippen LogP contribution is -2.31. The second-order valence-electron chi connectivity index (χ2n) is 8.10. The summed E-state index contributed by atoms with van der Waals surface area (Å²) < 4.78 is 1.98. The molecule has 9 heteroatoms. The van der Waals surface area contributed by atoms with Gasteiger partial charge in [-0.1, -0.05) is 29.8 Å². The van der Waals surface area contributed by atoms with Gasteiger partial charge in [-0.2, -0.15) is 5.10 Å². The van der Waals surface area contributed by atoms with Gasteiger partial charge in [0.15, 0.2) is 5.65 Å². The van der Waals surface area contributed by atoms with Crippen LogP contribution in [0.1, 0.15) is 49.2 Å². The van der Waals surface area contributed by atoms with Crippen LogP contribution in [0.3, 0.4) is 0 Å². The fourth-order valence-corrected chi connectivity index (χ4v) is 4.06. The summed E-state index contributed by atoms with van der Waals surface area (Å²) in [5.41, 5.74) is 4.66. The number of nitrogens with zero attached hydrogens (tertiary/aromatic N) is 5. The first-order chi connectivity index (χ1) is 14.3. The Labute approximate surface area is 179 Å². The largest absolute Gasteiger partial charge is 0.386 e. The quantitative estimate of drug-likeness (QED) is 0.243. The molecule has 0 atom stereocenters. The van der Waals surface area contributed by atoms with E-state index in [0.717, 1.165) is 35.4 Å². The Hall–Kier alpha value is -2.81. The molecule has 1 fully saturated rings. The fraction of sp³-hybridized carbons (Fsp3) is 0.333. The van der Waals surface area contributed by atoms with Crippen LogP contribution in [-0.4, -0.2) is 32.3 Å². The molecule has 2 aromatic heterocycles. The number of amidine groups is 1. The Morgan fingerprint density at radius 2 is 2.13 bits per heavy atom. The predicted octanol–water partition coefficient (Wildman–Crippen LogP) is 2.71. The van der Waals surface area contributed by atoms with Gasteiger partial charge in [0.25, 0.3) is 0 Å². The minimum atomic E-state index is -1.01. The van der Waals surface area contributed by atoms with E-state index in [0.29, 0.717) is 22.9 Å². The molecule has 1 aliphatic carbocycles. The molecule has 0 bridgehead atoms. The summed E-state index contributed by atoms with van der Waals surface area (Å²) in [4.78, 5) is 0. The van der Waals surface area contributed by atoms with E-state index < -0.39 is 5.60 Å². The van der Waals surface area contributed by atoms with E-state index >= 15 is 0 Å². The van der Waals surface area contributed by atoms with E-state index in [1.165, 1.54) is 0 Å². The Morgan fingerprint density at radius 3 is 2.77 bits per heavy atom. The molecular weight excluding hydrogens is 402 g/mol. The van der Waals surface area contributed by atoms with Crippen LogP contribution in [0.25, 0.3) is 5.65 Å². The number of hydrazine groups is 1. The van der Waals surface area contributed by atoms with Crippen molar-refractivity contribution in [3.8, 4) is 0 Å². The third kappa shape index (κ3) is 3.47. The third-order valence-corrected chi connectivity index (χ3v) is 5.95. The van der Waals surface area contributed by atoms with Gasteiger partial charge in [-0.05, 0) is 49.9 Å². The molecule has 4 N–H and O–H groups in total. The number of rotatable bonds is 6. The molecule has 8 nitrogen and oxygen atoms in total. The monoisotopic (exact) mass is 425 g/mol. The van der Waals surface area contributed by atoms with Gasteiger partial charge >= 0.3 is 0 Å². The number of halogens is 1. The molecule has 30 heavy (non-hydrogen) atoms. The number of pyridine rings is 1. The number of hydrogen-bond acceptors (Lipinski definition) is 6. The van der Waals surface area contributed by atoms with Crippen molar-refractivity contribution < 1.29 is 5.11 Å². The van der Waals surface area contributed by atoms with Crippen LogP contribution < -0.4 is 11.3 Å². The minimum absolute atomic E-state index is 0.249. The zero-order chi connectivity index (χ0) is 21.5. The molecular formula is C21H24ClN7O. The molecule has 0 amide bonds. The number of fused-ring (bicyclic) bond motifs is 1. The summed E-state index contributed by atoms with van der Waals surface area (Å²) >= 11 is 6.43. The molecule has 1 aromatic carbocycles. The van der Waals surface area contributed by atoms with Crippen LogP contribution in [0.2, 0.25) is 5.02 Å². The highest BCUT2D eigenvalue weighted by Gasteiger charge is 2.50. The molecule has 4 rings (SSSR count). The van der Waals surface area contributed by atoms with E-state index in [9.17, 15) is 5.11 Å². The van der Waals surface area contributed by atoms with Gasteiger partial charge in [0.1, 0.15) is 11.7 Å². The Kier molecular flexibility index (Phi) is 5.09. The van der Waals surface area contributed by atoms with Gasteiger partial charge in [0.05, 0.1) is 11.0 Å². The summed E-state index contributed by atoms with van der Waals surface area (Å²) in [6.07, 6.45) is 4.25. The molecule has 0 radical (unpaired) electrons. The van der Waals surface area contributed by atoms with Crippen molar-refractivity contribution in [2.75, 3.05) is 0 Å². The maximum atomic E-state index is 10.5. The minimum Gasteiger partial charge on any atom is -0.386 e. The number of benzene rings is 1. The Bertz CT molecular complexity index is 1140. The number of aliphatic hydroxyl groups is 1. The standard InChI is InChI=1S/C21H24ClN7O/c1-20(2,30)15-5-4-10-29-18(15)27-28-19(29)21(8-9-21)14-6-7-16(22)13(11-14)12-17(25-23)26-24-3/h4-7,10-11,30H,3,8-9,12,23H2,1-2H3,(H,25,26). The van der Waals surface area contributed by atoms with E-state index in [1.807, 2.05) is 34.9 Å². The number of aromatic nitrogens is 3. The van der Waals surface area contributed by atoms with E-state index in [2.05, 4.69) is 38.6 Å². The van der Waals surface area contributed by atoms with Crippen LogP contribution in [-0.2, 0) is 17.4 Å². The van der Waals surface area contributed by atoms with Crippen LogP contribution in [0.15, 0.2) is 46.7 Å². The lowest BCUT2D eigenvalue weighted by atomic mass is 9.92. The number of hydrogen-bond donors (Lipinski definition) is 3. The molecule has 0 aliphatic heterocycles. The first-order valence-corrected chi connectivity index (χ1v) is 10.0. The first kappa shape index (κ1) is 20.5. The molecule has 1 aliphatic rings. The van der Waals surface area contributed by atoms with Crippen LogP contribution in [0.5, 0.6) is 0 Å². The van der Waals surface area contributed by atoms with Crippen molar-refractivity contribution in [3.63, 3.8) is 0 Å². The average molecular weight is 426 g/mol. The highest BCUT2D eigenvalue weighted by Crippen LogP contribution is 2.53. The molecule has 156 valence electrons. The number of nitrogens with two attached hydrogens (primary N) is 1. The molecule has 1 saturated carbocycles. The normalized spacial score (nSPS) is 16.0. The van der Waals surface area contributed by atoms with Crippen LogP contribution in [0, 0.1) is 0 Å². The van der Waals surface area contributed by atoms with Gasteiger partial charge in [-0.15, -0.1) is 15.3 Å². The SMILES string of the molecule is C=N/N=C(/Cc1cc(C2(c3nnc4c(C(C)(C)O)cccn34)CC2)ccc1Cl)NN. The second kappa shape index (κ2) is 7.46. The summed E-state index contributed by atoms with van der Waals surface area (Å²) in [6.45, 7) is 6.86. The first-order valence-electron chi connectivity index (χ1n) is 9.65. The maximum absolute atomic E-state index is 10.5. The summed E-state index contributed by atoms with van der Waals surface area (Å²) in [5, 5.41) is 27.5. The maximum Gasteiger partial charge on any atom is 0.166 e. The molecule has 0 spiro atoms. The Balaban J connectivity index is 1.78. The van der Waals surface area contributed by atoms with Crippen molar-refractivity contribution >= 4 is 29.8 Å². The highest BCUT2D eigenvalue weighted by molar-refractivity contribution is 6.31. The molecule has 0 saturated heterocycles. The zero-order valence-corrected chi connectivity index (χ0v) is 17.7. The molecule has 0 unspecified atom stereocenters. The summed E-state index contributed by atoms with van der Waals surface area (Å²) in [5.74, 6) is 6.85. The topological polar surface area (TPSA) is 113 Å². The van der Waals surface area contributed by atoms with Gasteiger partial charge in [0, 0.05) is 29.9 Å². The zero-order valence-electron chi connectivity index (χ0n) is 16.9. The summed E-state index contributed by atoms with van der Waals surface area (Å²) in [6, 6.07) is 9.76. The third-order valence-electron chi connectivity index (χ3n) is 5.59. The van der Waals surface area contributed by atoms with Gasteiger partial charge < -0.3 is 10.5 Å². The summed E-state index contributed by atoms with van der Waals surface area (Å²) in [7, 11) is 0. The van der Waals surface area contributed by atoms with Gasteiger partial charge in [-0.3, -0.25) is 4.40 Å². The van der Waals surface area contributed by atoms with E-state index in [-0.39, 0.29) is 5.41 Å². The highest BCUT2D eigenvalue weighted by atomic mass is 35.5. The van der Waals surface area contributed by atoms with Crippen molar-refractivity contribution in [3.05, 3.63) is 64.1 Å². The van der Waals surface area contributed by atoms with E-state index in [1.54, 1.807) is 13.8 Å². The van der Waals surface area contributed by atoms with Crippen molar-refractivity contribution in [2.45, 2.75) is 44.1 Å². The molecule has 3 aromatic rings. The fourth-order valence-electron chi connectivity index (χ4n) is 3.88. The lowest BCUT2D eigenvalue weighted by Gasteiger charge is -2.19. The predicted molar refractivity (Wildman–Crippen MR) is 118 cm³/mol. The number of nitrogens with one attached hydrogen (secondary N) is 1. The average Bonchev–Trinajstić information content (AvgIpc) is 3.39. The smallest absolute Gasteiger partial charge is 0.166 e. The van der Waals surface area contributed by atoms with Crippen LogP contribution >= 0.6 is 11.6 Å². The van der Waals surface area contributed by atoms with Crippen LogP contribution in [0.4, 0.5) is 0 Å². The lowest BCUT2D eigenvalue weighted by molar-refractivity contribution is 0.0796. The molecule has 2 heterocycles. The second-order valence-corrected chi connectivity index (χ2v) is 8.50. The van der Waals surface area contributed by atoms with Crippen molar-refractivity contribution in [1.29, 1.82) is 0 Å². The van der Waals surface area contributed by atoms with Gasteiger partial charge in [-0.25, -0.2) is 5.84 Å².